The van der Waals surface area contributed by atoms with Crippen molar-refractivity contribution in [3.63, 3.8) is 0 Å². The van der Waals surface area contributed by atoms with Crippen LogP contribution in [0.3, 0.4) is 0 Å². The van der Waals surface area contributed by atoms with Crippen LogP contribution in [0.1, 0.15) is 46.7 Å². The Morgan fingerprint density at radius 1 is 1.04 bits per heavy atom. The molecule has 1 aliphatic heterocycles. The molecule has 2 heterocycles. The number of nitrogens with zero attached hydrogens (tertiary/aromatic N) is 1. The van der Waals surface area contributed by atoms with Gasteiger partial charge in [-0.3, -0.25) is 4.79 Å². The smallest absolute Gasteiger partial charge is 0.263 e. The fourth-order valence-corrected chi connectivity index (χ4v) is 4.26. The number of likely N-dealkylation sites (tertiary alicyclic amines) is 1. The molecule has 0 unspecified atom stereocenters. The van der Waals surface area contributed by atoms with Gasteiger partial charge < -0.3 is 9.64 Å². The van der Waals surface area contributed by atoms with Gasteiger partial charge in [-0.1, -0.05) is 31.4 Å². The van der Waals surface area contributed by atoms with Crippen LogP contribution in [0.5, 0.6) is 5.75 Å². The van der Waals surface area contributed by atoms with E-state index in [4.69, 9.17) is 4.74 Å². The van der Waals surface area contributed by atoms with Gasteiger partial charge in [0.05, 0.1) is 12.0 Å². The largest absolute Gasteiger partial charge is 0.497 e. The molecule has 0 spiro atoms. The van der Waals surface area contributed by atoms with E-state index < -0.39 is 0 Å². The Bertz CT molecular complexity index is 682. The molecule has 0 N–H and O–H groups in total. The first-order valence-corrected chi connectivity index (χ1v) is 9.55. The zero-order valence-electron chi connectivity index (χ0n) is 14.5. The molecule has 1 aromatic carbocycles. The number of aryl methyl sites for hydroxylation is 1. The molecular formula is C20H25NO2S. The molecule has 1 amide bonds. The van der Waals surface area contributed by atoms with Gasteiger partial charge in [-0.15, -0.1) is 11.3 Å². The molecule has 1 aromatic heterocycles. The van der Waals surface area contributed by atoms with Gasteiger partial charge in [0.25, 0.3) is 5.91 Å². The van der Waals surface area contributed by atoms with E-state index in [-0.39, 0.29) is 5.91 Å². The van der Waals surface area contributed by atoms with Gasteiger partial charge in [-0.2, -0.15) is 0 Å². The van der Waals surface area contributed by atoms with Gasteiger partial charge in [0.15, 0.2) is 0 Å². The standard InChI is InChI=1S/C20H25NO2S/c1-15-18(16-8-10-17(23-2)11-9-16)14-19(24-15)20(22)21-12-6-4-3-5-7-13-21/h8-11,14H,3-7,12-13H2,1-2H3. The molecule has 128 valence electrons. The minimum atomic E-state index is 0.199. The lowest BCUT2D eigenvalue weighted by atomic mass is 10.1. The quantitative estimate of drug-likeness (QED) is 0.772. The van der Waals surface area contributed by atoms with Crippen molar-refractivity contribution >= 4 is 17.2 Å². The Kier molecular flexibility index (Phi) is 5.56. The number of carbonyl (C=O) groups is 1. The highest BCUT2D eigenvalue weighted by Gasteiger charge is 2.20. The van der Waals surface area contributed by atoms with Gasteiger partial charge in [-0.25, -0.2) is 0 Å². The first-order valence-electron chi connectivity index (χ1n) is 8.73. The maximum atomic E-state index is 12.9. The summed E-state index contributed by atoms with van der Waals surface area (Å²) in [6, 6.07) is 10.1. The molecule has 1 aliphatic rings. The highest BCUT2D eigenvalue weighted by Crippen LogP contribution is 2.32. The Labute approximate surface area is 148 Å². The van der Waals surface area contributed by atoms with Crippen LogP contribution in [-0.2, 0) is 0 Å². The minimum absolute atomic E-state index is 0.199. The second-order valence-electron chi connectivity index (χ2n) is 6.37. The van der Waals surface area contributed by atoms with Crippen molar-refractivity contribution in [1.82, 2.24) is 4.90 Å². The third kappa shape index (κ3) is 3.81. The van der Waals surface area contributed by atoms with Crippen LogP contribution in [0.4, 0.5) is 0 Å². The first kappa shape index (κ1) is 17.0. The van der Waals surface area contributed by atoms with Crippen LogP contribution >= 0.6 is 11.3 Å². The molecule has 0 bridgehead atoms. The van der Waals surface area contributed by atoms with Gasteiger partial charge in [0, 0.05) is 18.0 Å². The summed E-state index contributed by atoms with van der Waals surface area (Å²) < 4.78 is 5.22. The molecule has 2 aromatic rings. The maximum absolute atomic E-state index is 12.9. The highest BCUT2D eigenvalue weighted by atomic mass is 32.1. The molecule has 3 nitrogen and oxygen atoms in total. The van der Waals surface area contributed by atoms with Crippen LogP contribution in [0, 0.1) is 6.92 Å². The van der Waals surface area contributed by atoms with E-state index >= 15 is 0 Å². The van der Waals surface area contributed by atoms with E-state index in [2.05, 4.69) is 25.1 Å². The maximum Gasteiger partial charge on any atom is 0.263 e. The molecule has 0 aliphatic carbocycles. The van der Waals surface area contributed by atoms with E-state index in [1.807, 2.05) is 17.0 Å². The molecule has 4 heteroatoms. The summed E-state index contributed by atoms with van der Waals surface area (Å²) in [5.74, 6) is 1.05. The fourth-order valence-electron chi connectivity index (χ4n) is 3.25. The minimum Gasteiger partial charge on any atom is -0.497 e. The van der Waals surface area contributed by atoms with Crippen molar-refractivity contribution in [2.45, 2.75) is 39.0 Å². The van der Waals surface area contributed by atoms with E-state index in [9.17, 15) is 4.79 Å². The van der Waals surface area contributed by atoms with E-state index in [1.165, 1.54) is 24.1 Å². The summed E-state index contributed by atoms with van der Waals surface area (Å²) >= 11 is 1.61. The Morgan fingerprint density at radius 2 is 1.67 bits per heavy atom. The van der Waals surface area contributed by atoms with Gasteiger partial charge in [0.1, 0.15) is 5.75 Å². The number of hydrogen-bond acceptors (Lipinski definition) is 3. The number of hydrogen-bond donors (Lipinski definition) is 0. The van der Waals surface area contributed by atoms with Crippen molar-refractivity contribution < 1.29 is 9.53 Å². The van der Waals surface area contributed by atoms with Gasteiger partial charge in [-0.05, 0) is 49.1 Å². The lowest BCUT2D eigenvalue weighted by Gasteiger charge is -2.24. The second-order valence-corrected chi connectivity index (χ2v) is 7.63. The molecule has 24 heavy (non-hydrogen) atoms. The summed E-state index contributed by atoms with van der Waals surface area (Å²) in [5.41, 5.74) is 2.29. The molecule has 0 atom stereocenters. The summed E-state index contributed by atoms with van der Waals surface area (Å²) in [7, 11) is 1.67. The average Bonchev–Trinajstić information content (AvgIpc) is 2.96. The Hall–Kier alpha value is -1.81. The Balaban J connectivity index is 1.80. The Morgan fingerprint density at radius 3 is 2.29 bits per heavy atom. The van der Waals surface area contributed by atoms with Crippen molar-refractivity contribution in [1.29, 1.82) is 0 Å². The molecule has 3 rings (SSSR count). The third-order valence-corrected chi connectivity index (χ3v) is 5.71. The van der Waals surface area contributed by atoms with Crippen LogP contribution < -0.4 is 4.74 Å². The molecular weight excluding hydrogens is 318 g/mol. The number of carbonyl (C=O) groups excluding carboxylic acids is 1. The van der Waals surface area contributed by atoms with Crippen LogP contribution in [0.25, 0.3) is 11.1 Å². The highest BCUT2D eigenvalue weighted by molar-refractivity contribution is 7.14. The number of rotatable bonds is 3. The first-order chi connectivity index (χ1) is 11.7. The molecule has 1 fully saturated rings. The summed E-state index contributed by atoms with van der Waals surface area (Å²) in [6.07, 6.45) is 6.04. The third-order valence-electron chi connectivity index (χ3n) is 4.67. The zero-order chi connectivity index (χ0) is 16.9. The SMILES string of the molecule is COc1ccc(-c2cc(C(=O)N3CCCCCCC3)sc2C)cc1. The number of amides is 1. The fraction of sp³-hybridized carbons (Fsp3) is 0.450. The van der Waals surface area contributed by atoms with Gasteiger partial charge >= 0.3 is 0 Å². The van der Waals surface area contributed by atoms with Crippen LogP contribution in [0.2, 0.25) is 0 Å². The summed E-state index contributed by atoms with van der Waals surface area (Å²) in [4.78, 5) is 17.0. The lowest BCUT2D eigenvalue weighted by molar-refractivity contribution is 0.0747. The number of ether oxygens (including phenoxy) is 1. The lowest BCUT2D eigenvalue weighted by Crippen LogP contribution is -2.33. The number of thiophene rings is 1. The van der Waals surface area contributed by atoms with Gasteiger partial charge in [0.2, 0.25) is 0 Å². The number of methoxy groups -OCH3 is 1. The van der Waals surface area contributed by atoms with E-state index in [0.717, 1.165) is 47.7 Å². The van der Waals surface area contributed by atoms with Crippen LogP contribution in [0.15, 0.2) is 30.3 Å². The zero-order valence-corrected chi connectivity index (χ0v) is 15.3. The predicted octanol–water partition coefficient (Wildman–Crippen LogP) is 5.14. The molecule has 0 saturated carbocycles. The van der Waals surface area contributed by atoms with Crippen molar-refractivity contribution in [2.75, 3.05) is 20.2 Å². The summed E-state index contributed by atoms with van der Waals surface area (Å²) in [6.45, 7) is 3.88. The topological polar surface area (TPSA) is 29.5 Å². The van der Waals surface area contributed by atoms with Crippen molar-refractivity contribution in [3.8, 4) is 16.9 Å². The monoisotopic (exact) mass is 343 g/mol. The van der Waals surface area contributed by atoms with Crippen molar-refractivity contribution in [3.05, 3.63) is 40.1 Å². The summed E-state index contributed by atoms with van der Waals surface area (Å²) in [5, 5.41) is 0. The molecule has 0 radical (unpaired) electrons. The van der Waals surface area contributed by atoms with Crippen molar-refractivity contribution in [2.24, 2.45) is 0 Å². The predicted molar refractivity (Wildman–Crippen MR) is 100 cm³/mol. The van der Waals surface area contributed by atoms with Crippen LogP contribution in [-0.4, -0.2) is 31.0 Å². The average molecular weight is 343 g/mol. The second kappa shape index (κ2) is 7.84. The molecule has 1 saturated heterocycles. The number of benzene rings is 1. The van der Waals surface area contributed by atoms with E-state index in [1.54, 1.807) is 18.4 Å². The van der Waals surface area contributed by atoms with E-state index in [0.29, 0.717) is 0 Å². The normalized spacial score (nSPS) is 15.7.